The number of carbonyl (C=O) groups is 2. The number of carbonyl (C=O) groups excluding carboxylic acids is 2. The minimum Gasteiger partial charge on any atom is -0.454 e. The third-order valence-electron chi connectivity index (χ3n) is 8.10. The molecule has 2 bridgehead atoms. The van der Waals surface area contributed by atoms with Crippen LogP contribution in [0.15, 0.2) is 35.4 Å². The van der Waals surface area contributed by atoms with Crippen LogP contribution < -0.4 is 5.32 Å². The van der Waals surface area contributed by atoms with Gasteiger partial charge in [-0.25, -0.2) is 14.8 Å². The van der Waals surface area contributed by atoms with Gasteiger partial charge in [0, 0.05) is 36.4 Å². The Morgan fingerprint density at radius 1 is 1.18 bits per heavy atom. The number of rotatable bonds is 7. The van der Waals surface area contributed by atoms with Crippen molar-refractivity contribution in [3.8, 4) is 0 Å². The van der Waals surface area contributed by atoms with Crippen molar-refractivity contribution in [1.82, 2.24) is 9.97 Å². The van der Waals surface area contributed by atoms with Gasteiger partial charge in [0.05, 0.1) is 13.1 Å². The lowest BCUT2D eigenvalue weighted by Crippen LogP contribution is -2.66. The van der Waals surface area contributed by atoms with Crippen LogP contribution in [0.5, 0.6) is 0 Å². The number of fused-ring (bicyclic) bond motifs is 3. The molecule has 0 aromatic carbocycles. The van der Waals surface area contributed by atoms with Gasteiger partial charge in [-0.1, -0.05) is 19.3 Å². The predicted octanol–water partition coefficient (Wildman–Crippen LogP) is 3.10. The van der Waals surface area contributed by atoms with E-state index in [1.54, 1.807) is 12.3 Å². The minimum atomic E-state index is -1.60. The van der Waals surface area contributed by atoms with Crippen molar-refractivity contribution in [1.29, 1.82) is 0 Å². The number of aliphatic hydroxyl groups is 1. The zero-order valence-corrected chi connectivity index (χ0v) is 20.2. The van der Waals surface area contributed by atoms with Gasteiger partial charge >= 0.3 is 5.97 Å². The number of ether oxygens (including phenoxy) is 1. The third-order valence-corrected chi connectivity index (χ3v) is 8.78. The topological polar surface area (TPSA) is 101 Å². The molecule has 2 aromatic rings. The van der Waals surface area contributed by atoms with Crippen LogP contribution in [-0.2, 0) is 19.9 Å². The molecule has 2 atom stereocenters. The van der Waals surface area contributed by atoms with Crippen LogP contribution in [0.25, 0.3) is 0 Å². The predicted molar refractivity (Wildman–Crippen MR) is 128 cm³/mol. The normalized spacial score (nSPS) is 28.7. The highest BCUT2D eigenvalue weighted by Gasteiger charge is 2.52. The molecule has 0 radical (unpaired) electrons. The molecule has 6 rings (SSSR count). The van der Waals surface area contributed by atoms with E-state index < -0.39 is 11.6 Å². The molecule has 1 unspecified atom stereocenters. The Morgan fingerprint density at radius 3 is 2.65 bits per heavy atom. The van der Waals surface area contributed by atoms with E-state index in [1.807, 2.05) is 16.8 Å². The van der Waals surface area contributed by atoms with Gasteiger partial charge in [0.25, 0.3) is 5.91 Å². The Kier molecular flexibility index (Phi) is 6.68. The summed E-state index contributed by atoms with van der Waals surface area (Å²) in [4.78, 5) is 34.3. The largest absolute Gasteiger partial charge is 0.454 e. The second-order valence-corrected chi connectivity index (χ2v) is 10.9. The van der Waals surface area contributed by atoms with Crippen LogP contribution in [0, 0.1) is 11.8 Å². The number of nitrogens with one attached hydrogen (secondary N) is 1. The van der Waals surface area contributed by atoms with Crippen molar-refractivity contribution >= 4 is 29.0 Å². The lowest BCUT2D eigenvalue weighted by Gasteiger charge is -2.52. The molecule has 1 saturated carbocycles. The molecule has 2 N–H and O–H groups in total. The molecule has 182 valence electrons. The SMILES string of the molecule is O=C(C[N+]12CCC(CC1)C(OC(=O)[C@](O)(c1ccsc1)C1CCCCC1)C2)Nc1ccncn1. The molecule has 34 heavy (non-hydrogen) atoms. The first-order chi connectivity index (χ1) is 16.5. The molecule has 5 heterocycles. The van der Waals surface area contributed by atoms with Gasteiger partial charge in [0.1, 0.15) is 18.7 Å². The van der Waals surface area contributed by atoms with Gasteiger partial charge in [-0.05, 0) is 35.7 Å². The van der Waals surface area contributed by atoms with Crippen LogP contribution >= 0.6 is 11.3 Å². The maximum Gasteiger partial charge on any atom is 0.343 e. The number of hydrogen-bond acceptors (Lipinski definition) is 7. The van der Waals surface area contributed by atoms with E-state index in [2.05, 4.69) is 15.3 Å². The molecule has 4 fully saturated rings. The number of esters is 1. The number of nitrogens with zero attached hydrogens (tertiary/aromatic N) is 3. The maximum atomic E-state index is 13.6. The van der Waals surface area contributed by atoms with Crippen molar-refractivity contribution in [2.45, 2.75) is 56.7 Å². The summed E-state index contributed by atoms with van der Waals surface area (Å²) in [5.74, 6) is 0.0424. The van der Waals surface area contributed by atoms with Gasteiger partial charge in [-0.15, -0.1) is 0 Å². The number of aromatic nitrogens is 2. The highest BCUT2D eigenvalue weighted by Crippen LogP contribution is 2.43. The molecule has 3 aliphatic heterocycles. The smallest absolute Gasteiger partial charge is 0.343 e. The average Bonchev–Trinajstić information content (AvgIpc) is 3.40. The molecule has 4 aliphatic rings. The van der Waals surface area contributed by atoms with Crippen molar-refractivity contribution in [3.63, 3.8) is 0 Å². The number of anilines is 1. The van der Waals surface area contributed by atoms with Gasteiger partial charge in [-0.2, -0.15) is 11.3 Å². The number of quaternary nitrogens is 1. The first-order valence-corrected chi connectivity index (χ1v) is 13.3. The average molecular weight is 486 g/mol. The number of amides is 1. The Labute approximate surface area is 204 Å². The standard InChI is InChI=1S/C25H32N4O4S/c30-23(28-22-6-10-26-17-27-22)15-29-11-7-18(8-12-29)21(14-29)33-24(31)25(32,20-9-13-34-16-20)19-4-2-1-3-5-19/h6,9-10,13,16-19,21,32H,1-5,7-8,11-12,14-15H2/p+1/t18?,21?,25-,29?/m1/s1. The van der Waals surface area contributed by atoms with Crippen LogP contribution in [0.2, 0.25) is 0 Å². The van der Waals surface area contributed by atoms with Gasteiger partial charge in [0.2, 0.25) is 0 Å². The van der Waals surface area contributed by atoms with Gasteiger partial charge in [0.15, 0.2) is 18.2 Å². The summed E-state index contributed by atoms with van der Waals surface area (Å²) in [5.41, 5.74) is -0.939. The quantitative estimate of drug-likeness (QED) is 0.462. The van der Waals surface area contributed by atoms with Crippen LogP contribution in [0.3, 0.4) is 0 Å². The second-order valence-electron chi connectivity index (χ2n) is 10.2. The molecule has 2 aromatic heterocycles. The number of piperidine rings is 3. The summed E-state index contributed by atoms with van der Waals surface area (Å²) in [5, 5.41) is 18.4. The Bertz CT molecular complexity index is 988. The van der Waals surface area contributed by atoms with Gasteiger partial charge in [-0.3, -0.25) is 4.79 Å². The highest BCUT2D eigenvalue weighted by molar-refractivity contribution is 7.08. The molecule has 1 aliphatic carbocycles. The molecular weight excluding hydrogens is 452 g/mol. The summed E-state index contributed by atoms with van der Waals surface area (Å²) in [6.07, 6.45) is 9.41. The molecule has 0 spiro atoms. The van der Waals surface area contributed by atoms with Gasteiger partial charge < -0.3 is 19.6 Å². The second kappa shape index (κ2) is 9.71. The van der Waals surface area contributed by atoms with E-state index in [-0.39, 0.29) is 23.8 Å². The monoisotopic (exact) mass is 485 g/mol. The van der Waals surface area contributed by atoms with E-state index >= 15 is 0 Å². The van der Waals surface area contributed by atoms with Crippen molar-refractivity contribution in [2.75, 3.05) is 31.5 Å². The molecular formula is C25H33N4O4S+. The summed E-state index contributed by atoms with van der Waals surface area (Å²) < 4.78 is 6.74. The Morgan fingerprint density at radius 2 is 1.97 bits per heavy atom. The van der Waals surface area contributed by atoms with E-state index in [0.29, 0.717) is 29.0 Å². The van der Waals surface area contributed by atoms with E-state index in [0.717, 1.165) is 58.0 Å². The summed E-state index contributed by atoms with van der Waals surface area (Å²) in [6, 6.07) is 3.52. The lowest BCUT2D eigenvalue weighted by atomic mass is 9.74. The third kappa shape index (κ3) is 4.61. The van der Waals surface area contributed by atoms with Crippen LogP contribution in [0.1, 0.15) is 50.5 Å². The fraction of sp³-hybridized carbons (Fsp3) is 0.600. The van der Waals surface area contributed by atoms with E-state index in [9.17, 15) is 14.7 Å². The first-order valence-electron chi connectivity index (χ1n) is 12.4. The zero-order chi connectivity index (χ0) is 23.6. The highest BCUT2D eigenvalue weighted by atomic mass is 32.1. The molecule has 8 nitrogen and oxygen atoms in total. The Balaban J connectivity index is 1.29. The van der Waals surface area contributed by atoms with Crippen LogP contribution in [0.4, 0.5) is 5.82 Å². The van der Waals surface area contributed by atoms with E-state index in [4.69, 9.17) is 4.74 Å². The van der Waals surface area contributed by atoms with Crippen LogP contribution in [-0.4, -0.2) is 63.7 Å². The fourth-order valence-electron chi connectivity index (χ4n) is 6.18. The molecule has 1 amide bonds. The Hall–Kier alpha value is -2.36. The fourth-order valence-corrected chi connectivity index (χ4v) is 6.89. The lowest BCUT2D eigenvalue weighted by molar-refractivity contribution is -0.939. The number of thiophene rings is 1. The zero-order valence-electron chi connectivity index (χ0n) is 19.4. The van der Waals surface area contributed by atoms with Crippen molar-refractivity contribution < 1.29 is 23.9 Å². The molecule has 9 heteroatoms. The molecule has 3 saturated heterocycles. The summed E-state index contributed by atoms with van der Waals surface area (Å²) in [6.45, 7) is 2.72. The number of hydrogen-bond donors (Lipinski definition) is 2. The first kappa shape index (κ1) is 23.4. The maximum absolute atomic E-state index is 13.6. The van der Waals surface area contributed by atoms with Crippen molar-refractivity contribution in [3.05, 3.63) is 41.0 Å². The summed E-state index contributed by atoms with van der Waals surface area (Å²) >= 11 is 1.49. The van der Waals surface area contributed by atoms with E-state index in [1.165, 1.54) is 17.7 Å². The minimum absolute atomic E-state index is 0.0962. The summed E-state index contributed by atoms with van der Waals surface area (Å²) in [7, 11) is 0. The van der Waals surface area contributed by atoms with Crippen molar-refractivity contribution in [2.24, 2.45) is 11.8 Å².